The van der Waals surface area contributed by atoms with E-state index in [0.29, 0.717) is 11.5 Å². The first-order valence-electron chi connectivity index (χ1n) is 5.70. The minimum absolute atomic E-state index is 0.0360. The first-order chi connectivity index (χ1) is 8.04. The van der Waals surface area contributed by atoms with Crippen LogP contribution in [-0.2, 0) is 16.6 Å². The maximum absolute atomic E-state index is 12.0. The van der Waals surface area contributed by atoms with Crippen molar-refractivity contribution >= 4 is 10.0 Å². The number of H-pyrrole nitrogens is 1. The number of nitrogens with zero attached hydrogens (tertiary/aromatic N) is 1. The molecule has 1 fully saturated rings. The average molecular weight is 259 g/mol. The molecule has 1 atom stereocenters. The smallest absolute Gasteiger partial charge is 0.258 e. The SMILES string of the molecule is CC(NS(=O)(=O)c1[nH]ncc1CO)C1CCC1. The number of aliphatic hydroxyl groups excluding tert-OH is 1. The van der Waals surface area contributed by atoms with Crippen LogP contribution in [0.5, 0.6) is 0 Å². The summed E-state index contributed by atoms with van der Waals surface area (Å²) in [7, 11) is -3.61. The molecule has 3 N–H and O–H groups in total. The molecule has 1 aliphatic rings. The number of sulfonamides is 1. The van der Waals surface area contributed by atoms with Gasteiger partial charge >= 0.3 is 0 Å². The van der Waals surface area contributed by atoms with Gasteiger partial charge in [0.25, 0.3) is 10.0 Å². The number of hydrogen-bond donors (Lipinski definition) is 3. The van der Waals surface area contributed by atoms with E-state index < -0.39 is 10.0 Å². The Balaban J connectivity index is 2.13. The standard InChI is InChI=1S/C10H17N3O3S/c1-7(8-3-2-4-8)13-17(15,16)10-9(6-14)5-11-12-10/h5,7-8,13-14H,2-4,6H2,1H3,(H,11,12). The quantitative estimate of drug-likeness (QED) is 0.712. The highest BCUT2D eigenvalue weighted by molar-refractivity contribution is 7.89. The molecule has 17 heavy (non-hydrogen) atoms. The van der Waals surface area contributed by atoms with Crippen LogP contribution in [0.2, 0.25) is 0 Å². The van der Waals surface area contributed by atoms with Crippen molar-refractivity contribution in [2.24, 2.45) is 5.92 Å². The van der Waals surface area contributed by atoms with Crippen LogP contribution in [0.1, 0.15) is 31.7 Å². The largest absolute Gasteiger partial charge is 0.392 e. The lowest BCUT2D eigenvalue weighted by Gasteiger charge is -2.31. The molecule has 1 aromatic heterocycles. The highest BCUT2D eigenvalue weighted by atomic mass is 32.2. The normalized spacial score (nSPS) is 18.9. The van der Waals surface area contributed by atoms with Gasteiger partial charge in [0.2, 0.25) is 0 Å². The molecule has 6 nitrogen and oxygen atoms in total. The van der Waals surface area contributed by atoms with Crippen LogP contribution in [0.4, 0.5) is 0 Å². The lowest BCUT2D eigenvalue weighted by molar-refractivity contribution is 0.260. The third-order valence-electron chi connectivity index (χ3n) is 3.32. The summed E-state index contributed by atoms with van der Waals surface area (Å²) in [5.74, 6) is 0.422. The molecule has 1 aliphatic carbocycles. The van der Waals surface area contributed by atoms with Crippen molar-refractivity contribution in [1.29, 1.82) is 0 Å². The maximum Gasteiger partial charge on any atom is 0.258 e. The average Bonchev–Trinajstić information content (AvgIpc) is 2.61. The number of hydrogen-bond acceptors (Lipinski definition) is 4. The number of aromatic amines is 1. The van der Waals surface area contributed by atoms with Gasteiger partial charge in [-0.2, -0.15) is 5.10 Å². The summed E-state index contributed by atoms with van der Waals surface area (Å²) >= 11 is 0. The lowest BCUT2D eigenvalue weighted by Crippen LogP contribution is -2.41. The topological polar surface area (TPSA) is 95.1 Å². The van der Waals surface area contributed by atoms with Crippen molar-refractivity contribution in [2.75, 3.05) is 0 Å². The predicted molar refractivity (Wildman–Crippen MR) is 61.6 cm³/mol. The van der Waals surface area contributed by atoms with Crippen molar-refractivity contribution in [1.82, 2.24) is 14.9 Å². The Morgan fingerprint density at radius 2 is 2.35 bits per heavy atom. The molecule has 1 heterocycles. The van der Waals surface area contributed by atoms with Gasteiger partial charge in [-0.1, -0.05) is 6.42 Å². The summed E-state index contributed by atoms with van der Waals surface area (Å²) in [6, 6.07) is -0.0800. The van der Waals surface area contributed by atoms with Crippen LogP contribution < -0.4 is 4.72 Å². The lowest BCUT2D eigenvalue weighted by atomic mass is 9.81. The van der Waals surface area contributed by atoms with Gasteiger partial charge in [0.1, 0.15) is 0 Å². The van der Waals surface area contributed by atoms with Crippen LogP contribution in [-0.4, -0.2) is 29.8 Å². The highest BCUT2D eigenvalue weighted by Crippen LogP contribution is 2.30. The van der Waals surface area contributed by atoms with Crippen molar-refractivity contribution in [3.63, 3.8) is 0 Å². The van der Waals surface area contributed by atoms with Crippen molar-refractivity contribution in [2.45, 2.75) is 43.9 Å². The molecule has 0 aromatic carbocycles. The second-order valence-electron chi connectivity index (χ2n) is 4.48. The second-order valence-corrected chi connectivity index (χ2v) is 6.13. The summed E-state index contributed by atoms with van der Waals surface area (Å²) in [5.41, 5.74) is 0.290. The molecule has 0 radical (unpaired) electrons. The van der Waals surface area contributed by atoms with Crippen molar-refractivity contribution in [3.05, 3.63) is 11.8 Å². The molecule has 0 saturated heterocycles. The van der Waals surface area contributed by atoms with E-state index in [1.54, 1.807) is 0 Å². The Morgan fingerprint density at radius 1 is 1.65 bits per heavy atom. The number of nitrogens with one attached hydrogen (secondary N) is 2. The Labute approximate surface area is 100 Å². The Kier molecular flexibility index (Phi) is 3.50. The third kappa shape index (κ3) is 2.51. The van der Waals surface area contributed by atoms with Gasteiger partial charge in [0, 0.05) is 11.6 Å². The molecule has 0 spiro atoms. The van der Waals surface area contributed by atoms with E-state index in [0.717, 1.165) is 12.8 Å². The monoisotopic (exact) mass is 259 g/mol. The minimum atomic E-state index is -3.61. The summed E-state index contributed by atoms with van der Waals surface area (Å²) < 4.78 is 26.7. The Bertz CT molecular complexity index is 479. The first-order valence-corrected chi connectivity index (χ1v) is 7.18. The zero-order chi connectivity index (χ0) is 12.5. The van der Waals surface area contributed by atoms with E-state index in [1.807, 2.05) is 6.92 Å². The number of rotatable bonds is 5. The van der Waals surface area contributed by atoms with Gasteiger partial charge < -0.3 is 5.11 Å². The third-order valence-corrected chi connectivity index (χ3v) is 4.89. The van der Waals surface area contributed by atoms with Crippen LogP contribution in [0.25, 0.3) is 0 Å². The second kappa shape index (κ2) is 4.75. The highest BCUT2D eigenvalue weighted by Gasteiger charge is 2.29. The molecule has 0 bridgehead atoms. The van der Waals surface area contributed by atoms with E-state index >= 15 is 0 Å². The van der Waals surface area contributed by atoms with E-state index in [-0.39, 0.29) is 17.7 Å². The molecular weight excluding hydrogens is 242 g/mol. The Hall–Kier alpha value is -0.920. The number of aliphatic hydroxyl groups is 1. The van der Waals surface area contributed by atoms with Crippen LogP contribution in [0.3, 0.4) is 0 Å². The zero-order valence-electron chi connectivity index (χ0n) is 9.68. The van der Waals surface area contributed by atoms with Crippen molar-refractivity contribution in [3.8, 4) is 0 Å². The molecular formula is C10H17N3O3S. The van der Waals surface area contributed by atoms with Gasteiger partial charge in [-0.15, -0.1) is 0 Å². The molecule has 96 valence electrons. The van der Waals surface area contributed by atoms with E-state index in [4.69, 9.17) is 5.11 Å². The fourth-order valence-corrected chi connectivity index (χ4v) is 3.42. The predicted octanol–water partition coefficient (Wildman–Crippen LogP) is 0.369. The van der Waals surface area contributed by atoms with Gasteiger partial charge in [0.15, 0.2) is 5.03 Å². The summed E-state index contributed by atoms with van der Waals surface area (Å²) in [6.07, 6.45) is 4.63. The molecule has 1 unspecified atom stereocenters. The molecule has 1 aromatic rings. The van der Waals surface area contributed by atoms with Crippen LogP contribution >= 0.6 is 0 Å². The molecule has 0 amide bonds. The zero-order valence-corrected chi connectivity index (χ0v) is 10.5. The van der Waals surface area contributed by atoms with Crippen LogP contribution in [0.15, 0.2) is 11.2 Å². The van der Waals surface area contributed by atoms with Gasteiger partial charge in [-0.25, -0.2) is 13.1 Å². The number of aromatic nitrogens is 2. The van der Waals surface area contributed by atoms with Crippen molar-refractivity contribution < 1.29 is 13.5 Å². The van der Waals surface area contributed by atoms with Crippen LogP contribution in [0, 0.1) is 5.92 Å². The summed E-state index contributed by atoms with van der Waals surface area (Å²) in [6.45, 7) is 1.53. The fourth-order valence-electron chi connectivity index (χ4n) is 1.98. The Morgan fingerprint density at radius 3 is 2.88 bits per heavy atom. The summed E-state index contributed by atoms with van der Waals surface area (Å²) in [4.78, 5) is 0. The van der Waals surface area contributed by atoms with Gasteiger partial charge in [0.05, 0.1) is 12.8 Å². The first kappa shape index (κ1) is 12.5. The molecule has 7 heteroatoms. The maximum atomic E-state index is 12.0. The van der Waals surface area contributed by atoms with E-state index in [2.05, 4.69) is 14.9 Å². The van der Waals surface area contributed by atoms with E-state index in [9.17, 15) is 8.42 Å². The van der Waals surface area contributed by atoms with Gasteiger partial charge in [-0.05, 0) is 25.7 Å². The molecule has 0 aliphatic heterocycles. The summed E-state index contributed by atoms with van der Waals surface area (Å²) in [5, 5.41) is 15.0. The fraction of sp³-hybridized carbons (Fsp3) is 0.700. The van der Waals surface area contributed by atoms with E-state index in [1.165, 1.54) is 12.6 Å². The van der Waals surface area contributed by atoms with Gasteiger partial charge in [-0.3, -0.25) is 5.10 Å². The minimum Gasteiger partial charge on any atom is -0.392 e. The molecule has 2 rings (SSSR count). The molecule has 1 saturated carbocycles.